The zero-order valence-electron chi connectivity index (χ0n) is 17.7. The van der Waals surface area contributed by atoms with E-state index in [0.29, 0.717) is 28.8 Å². The number of aromatic nitrogens is 2. The lowest BCUT2D eigenvalue weighted by Crippen LogP contribution is -2.34. The number of aliphatic hydroxyl groups is 1. The van der Waals surface area contributed by atoms with Crippen molar-refractivity contribution in [2.24, 2.45) is 0 Å². The molecule has 1 heterocycles. The van der Waals surface area contributed by atoms with Crippen LogP contribution in [-0.2, 0) is 0 Å². The average molecular weight is 586 g/mol. The number of ether oxygens (including phenoxy) is 1. The Bertz CT molecular complexity index is 1010. The van der Waals surface area contributed by atoms with Crippen molar-refractivity contribution in [3.63, 3.8) is 0 Å². The van der Waals surface area contributed by atoms with Crippen LogP contribution in [0.2, 0.25) is 30.1 Å². The predicted octanol–water partition coefficient (Wildman–Crippen LogP) is 7.72. The molecule has 0 saturated carbocycles. The van der Waals surface area contributed by atoms with E-state index >= 15 is 0 Å². The summed E-state index contributed by atoms with van der Waals surface area (Å²) in [7, 11) is 0. The van der Waals surface area contributed by atoms with Gasteiger partial charge in [-0.25, -0.2) is 4.98 Å². The van der Waals surface area contributed by atoms with Gasteiger partial charge >= 0.3 is 0 Å². The van der Waals surface area contributed by atoms with Gasteiger partial charge in [-0.15, -0.1) is 0 Å². The number of halogens is 6. The van der Waals surface area contributed by atoms with Gasteiger partial charge in [0.05, 0.1) is 32.9 Å². The predicted molar refractivity (Wildman–Crippen MR) is 138 cm³/mol. The number of hydrogen-bond acceptors (Lipinski definition) is 5. The van der Waals surface area contributed by atoms with Crippen LogP contribution in [0, 0.1) is 0 Å². The summed E-state index contributed by atoms with van der Waals surface area (Å²) in [6.07, 6.45) is 5.29. The largest absolute Gasteiger partial charge is 0.451 e. The summed E-state index contributed by atoms with van der Waals surface area (Å²) in [6, 6.07) is 6.01. The standard InChI is InChI=1S/C12H4Cl6O.C10H15N3O2/c13-5-1-7(15)11(8(16)2-5)19-12-9(17)3-6(14)4-10(12)18;1-2-5-13(6-7-14)10(15)9-8-11-3-4-12-9/h1-4H;3-4,8,14H,2,5-7H2,1H3. The van der Waals surface area contributed by atoms with Crippen molar-refractivity contribution in [2.75, 3.05) is 19.7 Å². The SMILES string of the molecule is CCCN(CCO)C(=O)c1cnccn1.Clc1cc(Cl)c(Oc2c(Cl)cc(Cl)cc2Cl)c(Cl)c1. The number of rotatable bonds is 7. The maximum absolute atomic E-state index is 11.8. The molecule has 182 valence electrons. The molecule has 34 heavy (non-hydrogen) atoms. The van der Waals surface area contributed by atoms with Crippen LogP contribution in [0.1, 0.15) is 23.8 Å². The van der Waals surface area contributed by atoms with Gasteiger partial charge < -0.3 is 14.7 Å². The van der Waals surface area contributed by atoms with E-state index < -0.39 is 0 Å². The number of nitrogens with zero attached hydrogens (tertiary/aromatic N) is 3. The van der Waals surface area contributed by atoms with Gasteiger partial charge in [-0.2, -0.15) is 0 Å². The zero-order valence-corrected chi connectivity index (χ0v) is 22.3. The molecule has 0 saturated heterocycles. The Labute approximate surface area is 227 Å². The lowest BCUT2D eigenvalue weighted by Gasteiger charge is -2.20. The maximum Gasteiger partial charge on any atom is 0.274 e. The third-order valence-corrected chi connectivity index (χ3v) is 5.62. The second-order valence-corrected chi connectivity index (χ2v) is 9.11. The Kier molecular flexibility index (Phi) is 12.0. The Hall–Kier alpha value is -1.51. The molecule has 0 fully saturated rings. The summed E-state index contributed by atoms with van der Waals surface area (Å²) in [5, 5.41) is 10.6. The van der Waals surface area contributed by atoms with Gasteiger partial charge in [0.2, 0.25) is 0 Å². The highest BCUT2D eigenvalue weighted by atomic mass is 35.5. The molecule has 0 spiro atoms. The molecule has 0 aliphatic heterocycles. The molecular weight excluding hydrogens is 567 g/mol. The first-order chi connectivity index (χ1) is 16.2. The maximum atomic E-state index is 11.8. The highest BCUT2D eigenvalue weighted by Crippen LogP contribution is 2.44. The molecule has 12 heteroatoms. The Morgan fingerprint density at radius 1 is 0.882 bits per heavy atom. The fraction of sp³-hybridized carbons (Fsp3) is 0.227. The third kappa shape index (κ3) is 8.31. The molecule has 1 aromatic heterocycles. The molecule has 6 nitrogen and oxygen atoms in total. The average Bonchev–Trinajstić information content (AvgIpc) is 2.78. The van der Waals surface area contributed by atoms with E-state index in [1.807, 2.05) is 6.92 Å². The molecule has 0 bridgehead atoms. The topological polar surface area (TPSA) is 75.5 Å². The second-order valence-electron chi connectivity index (χ2n) is 6.61. The molecule has 0 unspecified atom stereocenters. The van der Waals surface area contributed by atoms with Crippen molar-refractivity contribution < 1.29 is 14.6 Å². The fourth-order valence-electron chi connectivity index (χ4n) is 2.63. The summed E-state index contributed by atoms with van der Waals surface area (Å²) in [5.74, 6) is 0.261. The molecule has 0 aliphatic carbocycles. The first-order valence-electron chi connectivity index (χ1n) is 9.81. The smallest absolute Gasteiger partial charge is 0.274 e. The molecular formula is C22H19Cl6N3O3. The molecule has 3 rings (SSSR count). The summed E-state index contributed by atoms with van der Waals surface area (Å²) < 4.78 is 5.57. The van der Waals surface area contributed by atoms with Crippen molar-refractivity contribution in [3.05, 3.63) is 78.7 Å². The number of carbonyl (C=O) groups is 1. The van der Waals surface area contributed by atoms with Crippen molar-refractivity contribution in [1.29, 1.82) is 0 Å². The van der Waals surface area contributed by atoms with Crippen molar-refractivity contribution in [3.8, 4) is 11.5 Å². The Balaban J connectivity index is 0.000000248. The van der Waals surface area contributed by atoms with Gasteiger partial charge in [-0.1, -0.05) is 76.5 Å². The quantitative estimate of drug-likeness (QED) is 0.307. The molecule has 0 aliphatic rings. The van der Waals surface area contributed by atoms with Gasteiger partial charge in [0.15, 0.2) is 11.5 Å². The van der Waals surface area contributed by atoms with E-state index in [1.165, 1.54) is 42.9 Å². The Morgan fingerprint density at radius 3 is 1.76 bits per heavy atom. The highest BCUT2D eigenvalue weighted by molar-refractivity contribution is 6.41. The third-order valence-electron chi connectivity index (χ3n) is 4.06. The molecule has 0 atom stereocenters. The van der Waals surface area contributed by atoms with Crippen LogP contribution >= 0.6 is 69.6 Å². The number of carbonyl (C=O) groups excluding carboxylic acids is 1. The van der Waals surface area contributed by atoms with Gasteiger partial charge in [0, 0.05) is 35.5 Å². The van der Waals surface area contributed by atoms with Crippen LogP contribution < -0.4 is 4.74 Å². The highest BCUT2D eigenvalue weighted by Gasteiger charge is 2.16. The number of hydrogen-bond donors (Lipinski definition) is 1. The van der Waals surface area contributed by atoms with E-state index in [0.717, 1.165) is 6.42 Å². The summed E-state index contributed by atoms with van der Waals surface area (Å²) >= 11 is 35.7. The summed E-state index contributed by atoms with van der Waals surface area (Å²) in [5.41, 5.74) is 0.319. The van der Waals surface area contributed by atoms with E-state index in [4.69, 9.17) is 79.4 Å². The van der Waals surface area contributed by atoms with Crippen LogP contribution in [-0.4, -0.2) is 45.6 Å². The van der Waals surface area contributed by atoms with E-state index in [-0.39, 0.29) is 44.1 Å². The molecule has 1 amide bonds. The lowest BCUT2D eigenvalue weighted by molar-refractivity contribution is 0.0715. The Morgan fingerprint density at radius 2 is 1.38 bits per heavy atom. The number of benzene rings is 2. The second kappa shape index (κ2) is 14.1. The zero-order chi connectivity index (χ0) is 25.3. The summed E-state index contributed by atoms with van der Waals surface area (Å²) in [6.45, 7) is 2.90. The summed E-state index contributed by atoms with van der Waals surface area (Å²) in [4.78, 5) is 21.2. The van der Waals surface area contributed by atoms with Crippen molar-refractivity contribution in [1.82, 2.24) is 14.9 Å². The minimum absolute atomic E-state index is 0.0357. The van der Waals surface area contributed by atoms with Gasteiger partial charge in [0.1, 0.15) is 5.69 Å². The van der Waals surface area contributed by atoms with Crippen LogP contribution in [0.25, 0.3) is 0 Å². The van der Waals surface area contributed by atoms with Gasteiger partial charge in [-0.3, -0.25) is 9.78 Å². The van der Waals surface area contributed by atoms with Crippen LogP contribution in [0.3, 0.4) is 0 Å². The van der Waals surface area contributed by atoms with Crippen LogP contribution in [0.4, 0.5) is 0 Å². The van der Waals surface area contributed by atoms with Crippen LogP contribution in [0.15, 0.2) is 42.9 Å². The first-order valence-corrected chi connectivity index (χ1v) is 12.1. The lowest BCUT2D eigenvalue weighted by atomic mass is 10.3. The minimum Gasteiger partial charge on any atom is -0.451 e. The first kappa shape index (κ1) is 28.7. The van der Waals surface area contributed by atoms with Crippen molar-refractivity contribution in [2.45, 2.75) is 13.3 Å². The van der Waals surface area contributed by atoms with Gasteiger partial charge in [-0.05, 0) is 30.7 Å². The van der Waals surface area contributed by atoms with E-state index in [9.17, 15) is 4.79 Å². The molecule has 3 aromatic rings. The van der Waals surface area contributed by atoms with E-state index in [2.05, 4.69) is 9.97 Å². The van der Waals surface area contributed by atoms with Gasteiger partial charge in [0.25, 0.3) is 5.91 Å². The van der Waals surface area contributed by atoms with Crippen LogP contribution in [0.5, 0.6) is 11.5 Å². The number of aliphatic hydroxyl groups excluding tert-OH is 1. The van der Waals surface area contributed by atoms with E-state index in [1.54, 1.807) is 4.90 Å². The molecule has 1 N–H and O–H groups in total. The monoisotopic (exact) mass is 583 g/mol. The molecule has 0 radical (unpaired) electrons. The van der Waals surface area contributed by atoms with Crippen molar-refractivity contribution >= 4 is 75.5 Å². The molecule has 2 aromatic carbocycles. The normalized spacial score (nSPS) is 10.4. The fourth-order valence-corrected chi connectivity index (χ4v) is 4.42. The minimum atomic E-state index is -0.181. The number of amides is 1.